The van der Waals surface area contributed by atoms with Crippen molar-refractivity contribution in [3.63, 3.8) is 0 Å². The van der Waals surface area contributed by atoms with Crippen molar-refractivity contribution in [2.75, 3.05) is 0 Å². The Kier molecular flexibility index (Phi) is 5.32. The maximum absolute atomic E-state index is 9.15. The van der Waals surface area contributed by atoms with Crippen LogP contribution in [0.3, 0.4) is 0 Å². The summed E-state index contributed by atoms with van der Waals surface area (Å²) >= 11 is 0. The first-order valence-electron chi connectivity index (χ1n) is 4.03. The lowest BCUT2D eigenvalue weighted by Crippen LogP contribution is -1.79. The van der Waals surface area contributed by atoms with Crippen LogP contribution in [0.15, 0.2) is 18.2 Å². The maximum Gasteiger partial charge on any atom is 0.466 e. The number of hydrogen-bond acceptors (Lipinski definition) is 3. The van der Waals surface area contributed by atoms with Gasteiger partial charge in [-0.1, -0.05) is 19.1 Å². The number of benzene rings is 1. The van der Waals surface area contributed by atoms with E-state index in [-0.39, 0.29) is 11.5 Å². The molecule has 0 unspecified atom stereocenters. The lowest BCUT2D eigenvalue weighted by Gasteiger charge is -2.01. The minimum atomic E-state index is -4.64. The van der Waals surface area contributed by atoms with Gasteiger partial charge in [-0.25, -0.2) is 4.57 Å². The zero-order chi connectivity index (χ0) is 12.1. The molecular weight excluding hydrogens is 223 g/mol. The number of aryl methyl sites for hydroxylation is 1. The van der Waals surface area contributed by atoms with Crippen molar-refractivity contribution in [3.05, 3.63) is 23.8 Å². The van der Waals surface area contributed by atoms with E-state index < -0.39 is 7.82 Å². The summed E-state index contributed by atoms with van der Waals surface area (Å²) < 4.78 is 8.88. The Labute approximate surface area is 86.7 Å². The number of phosphoric acid groups is 1. The molecule has 0 aliphatic heterocycles. The predicted molar refractivity (Wildman–Crippen MR) is 53.4 cm³/mol. The van der Waals surface area contributed by atoms with Crippen LogP contribution in [-0.2, 0) is 11.0 Å². The molecule has 15 heavy (non-hydrogen) atoms. The molecule has 1 rings (SSSR count). The molecule has 0 radical (unpaired) electrons. The largest absolute Gasteiger partial charge is 0.504 e. The highest BCUT2D eigenvalue weighted by atomic mass is 31.2. The first kappa shape index (κ1) is 13.9. The number of phenolic OH excluding ortho intramolecular Hbond substituents is 2. The molecule has 0 spiro atoms. The van der Waals surface area contributed by atoms with Crippen LogP contribution >= 0.6 is 7.82 Å². The van der Waals surface area contributed by atoms with Crippen molar-refractivity contribution in [1.29, 1.82) is 0 Å². The van der Waals surface area contributed by atoms with Crippen LogP contribution in [0, 0.1) is 0 Å². The second-order valence-corrected chi connectivity index (χ2v) is 3.68. The average Bonchev–Trinajstić information content (AvgIpc) is 2.07. The molecule has 5 N–H and O–H groups in total. The van der Waals surface area contributed by atoms with E-state index in [9.17, 15) is 0 Å². The van der Waals surface area contributed by atoms with Crippen molar-refractivity contribution < 1.29 is 29.5 Å². The topological polar surface area (TPSA) is 118 Å². The van der Waals surface area contributed by atoms with Gasteiger partial charge in [0.15, 0.2) is 11.5 Å². The average molecular weight is 236 g/mol. The Balaban J connectivity index is 0.000000336. The molecule has 0 aromatic heterocycles. The summed E-state index contributed by atoms with van der Waals surface area (Å²) in [6, 6.07) is 4.97. The van der Waals surface area contributed by atoms with Gasteiger partial charge in [0.05, 0.1) is 0 Å². The molecule has 1 aromatic rings. The summed E-state index contributed by atoms with van der Waals surface area (Å²) in [5.74, 6) is -0.0376. The molecule has 0 saturated heterocycles. The SMILES string of the molecule is CCc1cccc(O)c1O.O=P(O)(O)O. The van der Waals surface area contributed by atoms with Gasteiger partial charge in [-0.3, -0.25) is 0 Å². The second-order valence-electron chi connectivity index (χ2n) is 2.65. The summed E-state index contributed by atoms with van der Waals surface area (Å²) in [6.45, 7) is 1.93. The molecule has 0 aliphatic carbocycles. The fourth-order valence-corrected chi connectivity index (χ4v) is 0.863. The van der Waals surface area contributed by atoms with E-state index in [2.05, 4.69) is 0 Å². The summed E-state index contributed by atoms with van der Waals surface area (Å²) in [4.78, 5) is 21.6. The molecular formula is C8H13O6P. The molecule has 1 aromatic carbocycles. The lowest BCUT2D eigenvalue weighted by atomic mass is 10.1. The third-order valence-corrected chi connectivity index (χ3v) is 1.48. The molecule has 0 bridgehead atoms. The van der Waals surface area contributed by atoms with E-state index in [1.54, 1.807) is 12.1 Å². The van der Waals surface area contributed by atoms with E-state index in [0.29, 0.717) is 0 Å². The van der Waals surface area contributed by atoms with Crippen molar-refractivity contribution in [1.82, 2.24) is 0 Å². The van der Waals surface area contributed by atoms with Gasteiger partial charge in [0.1, 0.15) is 0 Å². The standard InChI is InChI=1S/C8H10O2.H3O4P/c1-2-6-4-3-5-7(9)8(6)10;1-5(2,3)4/h3-5,9-10H,2H2,1H3;(H3,1,2,3,4). The van der Waals surface area contributed by atoms with Crippen LogP contribution in [0.5, 0.6) is 11.5 Å². The number of rotatable bonds is 1. The van der Waals surface area contributed by atoms with Gasteiger partial charge in [0.2, 0.25) is 0 Å². The Hall–Kier alpha value is -1.07. The number of hydrogen-bond donors (Lipinski definition) is 5. The van der Waals surface area contributed by atoms with E-state index in [1.807, 2.05) is 6.92 Å². The quantitative estimate of drug-likeness (QED) is 0.362. The Morgan fingerprint density at radius 1 is 1.20 bits per heavy atom. The third kappa shape index (κ3) is 6.93. The molecule has 0 aliphatic rings. The second kappa shape index (κ2) is 5.72. The van der Waals surface area contributed by atoms with Crippen LogP contribution in [0.25, 0.3) is 0 Å². The molecule has 86 valence electrons. The fourth-order valence-electron chi connectivity index (χ4n) is 0.863. The minimum absolute atomic E-state index is 0.00463. The van der Waals surface area contributed by atoms with Gasteiger partial charge >= 0.3 is 7.82 Å². The van der Waals surface area contributed by atoms with E-state index in [1.165, 1.54) is 6.07 Å². The summed E-state index contributed by atoms with van der Waals surface area (Å²) in [5.41, 5.74) is 0.778. The third-order valence-electron chi connectivity index (χ3n) is 1.48. The first-order chi connectivity index (χ1) is 6.75. The molecule has 0 atom stereocenters. The zero-order valence-corrected chi connectivity index (χ0v) is 8.93. The van der Waals surface area contributed by atoms with Crippen LogP contribution in [0.2, 0.25) is 0 Å². The predicted octanol–water partition coefficient (Wildman–Crippen LogP) is 0.732. The molecule has 6 nitrogen and oxygen atoms in total. The van der Waals surface area contributed by atoms with Crippen molar-refractivity contribution >= 4 is 7.82 Å². The van der Waals surface area contributed by atoms with Crippen molar-refractivity contribution in [2.45, 2.75) is 13.3 Å². The zero-order valence-electron chi connectivity index (χ0n) is 8.03. The molecule has 0 heterocycles. The van der Waals surface area contributed by atoms with Crippen molar-refractivity contribution in [3.8, 4) is 11.5 Å². The number of aromatic hydroxyl groups is 2. The summed E-state index contributed by atoms with van der Waals surface area (Å²) in [7, 11) is -4.64. The van der Waals surface area contributed by atoms with E-state index >= 15 is 0 Å². The number of phenols is 2. The first-order valence-corrected chi connectivity index (χ1v) is 5.60. The van der Waals surface area contributed by atoms with Crippen LogP contribution in [0.1, 0.15) is 12.5 Å². The lowest BCUT2D eigenvalue weighted by molar-refractivity contribution is 0.275. The Morgan fingerprint density at radius 3 is 2.00 bits per heavy atom. The molecule has 0 saturated carbocycles. The maximum atomic E-state index is 9.15. The summed E-state index contributed by atoms with van der Waals surface area (Å²) in [6.07, 6.45) is 0.736. The van der Waals surface area contributed by atoms with Crippen LogP contribution in [0.4, 0.5) is 0 Å². The highest BCUT2D eigenvalue weighted by molar-refractivity contribution is 7.45. The van der Waals surface area contributed by atoms with E-state index in [4.69, 9.17) is 29.5 Å². The van der Waals surface area contributed by atoms with Crippen molar-refractivity contribution in [2.24, 2.45) is 0 Å². The van der Waals surface area contributed by atoms with Gasteiger partial charge in [-0.05, 0) is 18.1 Å². The summed E-state index contributed by atoms with van der Waals surface area (Å²) in [5, 5.41) is 18.1. The Morgan fingerprint density at radius 2 is 1.67 bits per heavy atom. The molecule has 7 heteroatoms. The Bertz CT molecular complexity index is 350. The minimum Gasteiger partial charge on any atom is -0.504 e. The molecule has 0 amide bonds. The highest BCUT2D eigenvalue weighted by Crippen LogP contribution is 2.28. The van der Waals surface area contributed by atoms with Gasteiger partial charge in [0.25, 0.3) is 0 Å². The normalized spacial score (nSPS) is 10.4. The molecule has 0 fully saturated rings. The smallest absolute Gasteiger partial charge is 0.466 e. The van der Waals surface area contributed by atoms with Crippen LogP contribution in [-0.4, -0.2) is 24.9 Å². The van der Waals surface area contributed by atoms with Gasteiger partial charge < -0.3 is 24.9 Å². The number of para-hydroxylation sites is 1. The fraction of sp³-hybridized carbons (Fsp3) is 0.250. The van der Waals surface area contributed by atoms with Crippen LogP contribution < -0.4 is 0 Å². The van der Waals surface area contributed by atoms with Gasteiger partial charge in [0, 0.05) is 0 Å². The van der Waals surface area contributed by atoms with E-state index in [0.717, 1.165) is 12.0 Å². The van der Waals surface area contributed by atoms with Gasteiger partial charge in [-0.15, -0.1) is 0 Å². The monoisotopic (exact) mass is 236 g/mol. The highest BCUT2D eigenvalue weighted by Gasteiger charge is 2.01. The van der Waals surface area contributed by atoms with Gasteiger partial charge in [-0.2, -0.15) is 0 Å².